The third kappa shape index (κ3) is 19.5. The molecule has 3 aromatic carbocycles. The van der Waals surface area contributed by atoms with Gasteiger partial charge in [0.05, 0.1) is 53.7 Å². The number of likely N-dealkylation sites (tertiary alicyclic amines) is 1. The van der Waals surface area contributed by atoms with E-state index in [0.29, 0.717) is 51.5 Å². The number of aromatic nitrogens is 2. The first-order valence-electron chi connectivity index (χ1n) is 28.8. The van der Waals surface area contributed by atoms with Gasteiger partial charge in [0.25, 0.3) is 17.7 Å². The van der Waals surface area contributed by atoms with E-state index < -0.39 is 70.5 Å². The van der Waals surface area contributed by atoms with E-state index in [0.717, 1.165) is 42.8 Å². The second-order valence-corrected chi connectivity index (χ2v) is 25.1. The highest BCUT2D eigenvalue weighted by atomic mass is 32.2. The predicted molar refractivity (Wildman–Crippen MR) is 334 cm³/mol. The number of hydrogen-bond donors (Lipinski definition) is 3. The summed E-state index contributed by atoms with van der Waals surface area (Å²) in [5.74, 6) is -1.41. The number of oxime groups is 1. The molecule has 3 aliphatic rings. The van der Waals surface area contributed by atoms with Gasteiger partial charge in [-0.2, -0.15) is 0 Å². The fourth-order valence-corrected chi connectivity index (χ4v) is 11.7. The number of nitrogens with one attached hydrogen (secondary N) is 3. The number of quaternary nitrogens is 1. The highest BCUT2D eigenvalue weighted by molar-refractivity contribution is 8.00. The van der Waals surface area contributed by atoms with Crippen molar-refractivity contribution in [3.8, 4) is 23.0 Å². The number of pyridine rings is 1. The van der Waals surface area contributed by atoms with Crippen molar-refractivity contribution in [1.82, 2.24) is 25.1 Å². The summed E-state index contributed by atoms with van der Waals surface area (Å²) in [7, 11) is 6.31. The lowest BCUT2D eigenvalue weighted by Crippen LogP contribution is -2.71. The van der Waals surface area contributed by atoms with Crippen LogP contribution in [-0.2, 0) is 74.6 Å². The number of benzene rings is 3. The number of rotatable bonds is 24. The molecule has 8 rings (SSSR count). The zero-order valence-electron chi connectivity index (χ0n) is 52.3. The Hall–Kier alpha value is -8.95. The first-order chi connectivity index (χ1) is 42.8. The van der Waals surface area contributed by atoms with Crippen molar-refractivity contribution >= 4 is 75.7 Å². The topological polar surface area (TPSA) is 289 Å². The summed E-state index contributed by atoms with van der Waals surface area (Å²) in [5.41, 5.74) is 0.968. The van der Waals surface area contributed by atoms with E-state index in [1.807, 2.05) is 32.9 Å². The molecule has 2 unspecified atom stereocenters. The molecule has 2 fully saturated rings. The standard InChI is InChI=1S/C57H64N8O15S2.C6H12O2/c1-57(2,3)80-56(72)61-55-59-42(34-82-55)47(62-79-32-46(67)77-30-36-12-18-40(74-6)19-13-36)51(69)60-48-52(70)64-49(54(71)78-31-37-14-20-41(75-7)21-15-37)38(33-81-53(48)64)28-65(23-8-9-24-65)25-22-58-50(68)43-26-44(66)45(27-63(43)4)76-29-35-10-16-39(73-5)17-11-35;1-5(7)8-6(2,3)4/h10-21,26-27,34,48,53H,8-9,22-25,28-33H2,1-7H3,(H2-,58,59,60,61,68,69,72);1-4H3/p+1/b62-47-;. The van der Waals surface area contributed by atoms with Crippen LogP contribution in [0.15, 0.2) is 112 Å². The van der Waals surface area contributed by atoms with Crippen molar-refractivity contribution in [2.75, 3.05) is 71.7 Å². The highest BCUT2D eigenvalue weighted by Crippen LogP contribution is 2.42. The Labute approximate surface area is 529 Å². The van der Waals surface area contributed by atoms with Gasteiger partial charge < -0.3 is 62.4 Å². The lowest BCUT2D eigenvalue weighted by molar-refractivity contribution is -0.911. The van der Waals surface area contributed by atoms with Crippen molar-refractivity contribution < 1.29 is 80.8 Å². The maximum atomic E-state index is 14.5. The first-order valence-corrected chi connectivity index (χ1v) is 30.7. The third-order valence-corrected chi connectivity index (χ3v) is 16.0. The average molecular weight is 1280 g/mol. The van der Waals surface area contributed by atoms with Crippen LogP contribution in [0.3, 0.4) is 0 Å². The lowest BCUT2D eigenvalue weighted by Gasteiger charge is -2.50. The Balaban J connectivity index is 0.00000135. The van der Waals surface area contributed by atoms with E-state index in [1.54, 1.807) is 107 Å². The number of carbonyl (C=O) groups is 7. The quantitative estimate of drug-likeness (QED) is 0.0139. The molecule has 5 aromatic rings. The average Bonchev–Trinajstić information content (AvgIpc) is 0.748. The van der Waals surface area contributed by atoms with E-state index in [2.05, 4.69) is 26.1 Å². The van der Waals surface area contributed by atoms with Crippen molar-refractivity contribution in [2.45, 2.75) is 104 Å². The smallest absolute Gasteiger partial charge is 0.413 e. The highest BCUT2D eigenvalue weighted by Gasteiger charge is 2.55. The second-order valence-electron chi connectivity index (χ2n) is 23.1. The Kier molecular flexibility index (Phi) is 23.6. The third-order valence-electron chi connectivity index (χ3n) is 13.9. The number of β-lactam (4-membered cyclic amide) rings is 1. The molecule has 0 bridgehead atoms. The summed E-state index contributed by atoms with van der Waals surface area (Å²) >= 11 is 2.31. The molecule has 3 N–H and O–H groups in total. The SMILES string of the molecule is CC(=O)OC(C)(C)C.COc1ccc(COC(=O)CO/N=C(\C(=O)NC2C(=O)N3C(C(=O)OCc4ccc(OC)cc4)=C(C[N+]4(CCNC(=O)c5cc(=O)c(OCc6ccc(OC)cc6)cn5C)CCCC4)CSC23)c2csc(NC(=O)OC(C)(C)C)n2)cc1. The Morgan fingerprint density at radius 1 is 0.767 bits per heavy atom. The van der Waals surface area contributed by atoms with Crippen LogP contribution in [0.1, 0.15) is 94.2 Å². The van der Waals surface area contributed by atoms with Crippen molar-refractivity contribution in [3.63, 3.8) is 0 Å². The minimum atomic E-state index is -1.17. The van der Waals surface area contributed by atoms with E-state index in [9.17, 15) is 38.4 Å². The van der Waals surface area contributed by atoms with E-state index >= 15 is 0 Å². The molecule has 5 heterocycles. The molecule has 25 nitrogen and oxygen atoms in total. The Bertz CT molecular complexity index is 3490. The summed E-state index contributed by atoms with van der Waals surface area (Å²) < 4.78 is 45.0. The molecule has 0 saturated carbocycles. The van der Waals surface area contributed by atoms with Crippen molar-refractivity contribution in [2.24, 2.45) is 12.2 Å². The van der Waals surface area contributed by atoms with Gasteiger partial charge in [0.15, 0.2) is 16.6 Å². The molecule has 0 radical (unpaired) electrons. The predicted octanol–water partition coefficient (Wildman–Crippen LogP) is 7.04. The Morgan fingerprint density at radius 2 is 1.33 bits per heavy atom. The normalized spacial score (nSPS) is 16.0. The first kappa shape index (κ1) is 68.5. The van der Waals surface area contributed by atoms with Gasteiger partial charge in [0.2, 0.25) is 12.0 Å². The molecule has 2 atom stereocenters. The fraction of sp³-hybridized carbons (Fsp3) is 0.429. The molecule has 27 heteroatoms. The van der Waals surface area contributed by atoms with Crippen LogP contribution < -0.4 is 40.3 Å². The van der Waals surface area contributed by atoms with Crippen LogP contribution in [-0.4, -0.2) is 155 Å². The van der Waals surface area contributed by atoms with Crippen LogP contribution in [0.4, 0.5) is 9.93 Å². The molecule has 3 aliphatic heterocycles. The number of fused-ring (bicyclic) bond motifs is 1. The number of methoxy groups -OCH3 is 3. The van der Waals surface area contributed by atoms with Crippen molar-refractivity contribution in [1.29, 1.82) is 0 Å². The van der Waals surface area contributed by atoms with Gasteiger partial charge in [0, 0.05) is 49.6 Å². The number of carbonyl (C=O) groups excluding carboxylic acids is 7. The summed E-state index contributed by atoms with van der Waals surface area (Å²) in [4.78, 5) is 117. The lowest BCUT2D eigenvalue weighted by atomic mass is 10.0. The van der Waals surface area contributed by atoms with Crippen LogP contribution >= 0.6 is 23.1 Å². The summed E-state index contributed by atoms with van der Waals surface area (Å²) in [5, 5.41) is 13.0. The van der Waals surface area contributed by atoms with Crippen molar-refractivity contribution in [3.05, 3.63) is 140 Å². The van der Waals surface area contributed by atoms with Gasteiger partial charge in [-0.15, -0.1) is 23.1 Å². The summed E-state index contributed by atoms with van der Waals surface area (Å²) in [6.07, 6.45) is 2.45. The number of nitrogens with zero attached hydrogens (tertiary/aromatic N) is 5. The largest absolute Gasteiger partial charge is 0.497 e. The van der Waals surface area contributed by atoms with Gasteiger partial charge in [0.1, 0.15) is 83.3 Å². The number of esters is 3. The molecule has 4 amide bonds. The zero-order valence-corrected chi connectivity index (χ0v) is 53.9. The second kappa shape index (κ2) is 31.0. The number of thiazole rings is 1. The summed E-state index contributed by atoms with van der Waals surface area (Å²) in [6.45, 7) is 13.8. The van der Waals surface area contributed by atoms with Gasteiger partial charge >= 0.3 is 24.0 Å². The number of anilines is 1. The fourth-order valence-electron chi connectivity index (χ4n) is 9.68. The van der Waals surface area contributed by atoms with Gasteiger partial charge in [-0.3, -0.25) is 34.2 Å². The van der Waals surface area contributed by atoms with Crippen LogP contribution in [0.5, 0.6) is 23.0 Å². The molecular weight excluding hydrogens is 1200 g/mol. The van der Waals surface area contributed by atoms with Gasteiger partial charge in [-0.25, -0.2) is 19.4 Å². The maximum absolute atomic E-state index is 14.5. The van der Waals surface area contributed by atoms with Gasteiger partial charge in [-0.1, -0.05) is 41.6 Å². The molecule has 0 spiro atoms. The molecule has 2 aromatic heterocycles. The molecule has 2 saturated heterocycles. The number of amides is 4. The van der Waals surface area contributed by atoms with Crippen LogP contribution in [0.2, 0.25) is 0 Å². The van der Waals surface area contributed by atoms with Gasteiger partial charge in [-0.05, 0) is 94.6 Å². The zero-order chi connectivity index (χ0) is 65.3. The molecule has 482 valence electrons. The van der Waals surface area contributed by atoms with E-state index in [4.69, 9.17) is 42.7 Å². The number of hydrogen-bond acceptors (Lipinski definition) is 21. The summed E-state index contributed by atoms with van der Waals surface area (Å²) in [6, 6.07) is 21.2. The van der Waals surface area contributed by atoms with Crippen LogP contribution in [0, 0.1) is 0 Å². The van der Waals surface area contributed by atoms with E-state index in [-0.39, 0.29) is 71.7 Å². The minimum absolute atomic E-state index is 0.0543. The van der Waals surface area contributed by atoms with E-state index in [1.165, 1.54) is 48.3 Å². The van der Waals surface area contributed by atoms with Crippen LogP contribution in [0.25, 0.3) is 0 Å². The monoisotopic (exact) mass is 1280 g/mol. The molecule has 90 heavy (non-hydrogen) atoms. The number of aryl methyl sites for hydroxylation is 1. The number of thioether (sulfide) groups is 1. The molecular formula is C63H77N8O17S2+. The Morgan fingerprint density at radius 3 is 1.88 bits per heavy atom. The minimum Gasteiger partial charge on any atom is -0.497 e. The number of ether oxygens (including phenoxy) is 8. The molecule has 0 aliphatic carbocycles. The maximum Gasteiger partial charge on any atom is 0.413 e.